The molecule has 0 radical (unpaired) electrons. The van der Waals surface area contributed by atoms with E-state index in [0.29, 0.717) is 0 Å². The van der Waals surface area contributed by atoms with Crippen LogP contribution in [0.3, 0.4) is 0 Å². The molecule has 0 aliphatic heterocycles. The third-order valence-electron chi connectivity index (χ3n) is 2.70. The quantitative estimate of drug-likeness (QED) is 0.659. The Labute approximate surface area is 125 Å². The molecule has 1 heterocycles. The first kappa shape index (κ1) is 15.6. The molecule has 0 aliphatic carbocycles. The lowest BCUT2D eigenvalue weighted by Gasteiger charge is -2.07. The Morgan fingerprint density at radius 1 is 1.38 bits per heavy atom. The van der Waals surface area contributed by atoms with Gasteiger partial charge in [-0.25, -0.2) is 13.8 Å². The Hall–Kier alpha value is -1.79. The minimum Gasteiger partial charge on any atom is -0.374 e. The summed E-state index contributed by atoms with van der Waals surface area (Å²) in [4.78, 5) is 15.9. The number of alkyl halides is 2. The zero-order valence-corrected chi connectivity index (χ0v) is 11.7. The van der Waals surface area contributed by atoms with E-state index in [2.05, 4.69) is 15.0 Å². The van der Waals surface area contributed by atoms with E-state index in [1.165, 1.54) is 0 Å². The minimum absolute atomic E-state index is 0.0113. The van der Waals surface area contributed by atoms with Crippen LogP contribution in [0.5, 0.6) is 0 Å². The molecule has 112 valence electrons. The highest BCUT2D eigenvalue weighted by atomic mass is 35.5. The molecule has 1 aromatic heterocycles. The molecule has 4 nitrogen and oxygen atoms in total. The highest BCUT2D eigenvalue weighted by Crippen LogP contribution is 2.22. The number of pyridine rings is 1. The second kappa shape index (κ2) is 7.28. The molecule has 2 aromatic rings. The summed E-state index contributed by atoms with van der Waals surface area (Å²) >= 11 is 6.03. The van der Waals surface area contributed by atoms with Gasteiger partial charge in [-0.3, -0.25) is 4.79 Å². The molecule has 0 fully saturated rings. The number of hydrogen-bond acceptors (Lipinski definition) is 3. The fourth-order valence-corrected chi connectivity index (χ4v) is 2.04. The van der Waals surface area contributed by atoms with E-state index in [1.807, 2.05) is 24.3 Å². The predicted molar refractivity (Wildman–Crippen MR) is 75.9 cm³/mol. The first-order chi connectivity index (χ1) is 10.1. The van der Waals surface area contributed by atoms with Crippen molar-refractivity contribution in [2.45, 2.75) is 6.43 Å². The van der Waals surface area contributed by atoms with Crippen LogP contribution in [0.1, 0.15) is 10.5 Å². The molecule has 0 saturated carbocycles. The molecule has 1 N–H and O–H groups in total. The maximum atomic E-state index is 11.9. The van der Waals surface area contributed by atoms with Crippen LogP contribution in [-0.2, 0) is 4.74 Å². The minimum atomic E-state index is -2.51. The molecule has 0 spiro atoms. The second-order valence-electron chi connectivity index (χ2n) is 4.24. The van der Waals surface area contributed by atoms with Crippen LogP contribution in [0.2, 0.25) is 5.15 Å². The molecule has 7 heteroatoms. The largest absolute Gasteiger partial charge is 0.374 e. The number of amides is 1. The average molecular weight is 315 g/mol. The summed E-state index contributed by atoms with van der Waals surface area (Å²) in [5.41, 5.74) is 0.174. The van der Waals surface area contributed by atoms with Crippen molar-refractivity contribution in [2.24, 2.45) is 0 Å². The summed E-state index contributed by atoms with van der Waals surface area (Å²) in [6.45, 7) is -0.509. The van der Waals surface area contributed by atoms with E-state index in [1.54, 1.807) is 6.07 Å². The first-order valence-electron chi connectivity index (χ1n) is 6.27. The molecular formula is C14H13ClF2N2O2. The number of ether oxygens (including phenoxy) is 1. The van der Waals surface area contributed by atoms with Gasteiger partial charge < -0.3 is 10.1 Å². The summed E-state index contributed by atoms with van der Waals surface area (Å²) in [7, 11) is 0. The number of nitrogens with zero attached hydrogens (tertiary/aromatic N) is 1. The van der Waals surface area contributed by atoms with Gasteiger partial charge >= 0.3 is 0 Å². The van der Waals surface area contributed by atoms with Crippen LogP contribution < -0.4 is 5.32 Å². The van der Waals surface area contributed by atoms with E-state index in [4.69, 9.17) is 11.6 Å². The van der Waals surface area contributed by atoms with E-state index in [0.717, 1.165) is 10.8 Å². The highest BCUT2D eigenvalue weighted by molar-refractivity contribution is 6.34. The van der Waals surface area contributed by atoms with Crippen LogP contribution in [0.15, 0.2) is 30.3 Å². The monoisotopic (exact) mass is 314 g/mol. The van der Waals surface area contributed by atoms with Crippen molar-refractivity contribution in [3.63, 3.8) is 0 Å². The predicted octanol–water partition coefficient (Wildman–Crippen LogP) is 2.90. The Kier molecular flexibility index (Phi) is 5.41. The number of carbonyl (C=O) groups excluding carboxylic acids is 1. The number of benzene rings is 1. The second-order valence-corrected chi connectivity index (χ2v) is 4.60. The zero-order valence-electron chi connectivity index (χ0n) is 11.0. The van der Waals surface area contributed by atoms with Gasteiger partial charge in [0, 0.05) is 11.9 Å². The maximum Gasteiger partial charge on any atom is 0.270 e. The molecule has 21 heavy (non-hydrogen) atoms. The Morgan fingerprint density at radius 2 is 2.14 bits per heavy atom. The average Bonchev–Trinajstić information content (AvgIpc) is 2.46. The molecule has 2 rings (SSSR count). The Morgan fingerprint density at radius 3 is 2.90 bits per heavy atom. The highest BCUT2D eigenvalue weighted by Gasteiger charge is 2.10. The van der Waals surface area contributed by atoms with E-state index in [-0.39, 0.29) is 24.0 Å². The summed E-state index contributed by atoms with van der Waals surface area (Å²) in [6.07, 6.45) is -2.51. The third-order valence-corrected chi connectivity index (χ3v) is 2.99. The topological polar surface area (TPSA) is 51.2 Å². The third kappa shape index (κ3) is 4.34. The van der Waals surface area contributed by atoms with Gasteiger partial charge in [0.15, 0.2) is 0 Å². The lowest BCUT2D eigenvalue weighted by atomic mass is 10.1. The number of hydrogen-bond donors (Lipinski definition) is 1. The molecule has 0 saturated heterocycles. The van der Waals surface area contributed by atoms with Crippen LogP contribution in [0, 0.1) is 0 Å². The fourth-order valence-electron chi connectivity index (χ4n) is 1.77. The molecule has 1 aromatic carbocycles. The van der Waals surface area contributed by atoms with Crippen molar-refractivity contribution in [2.75, 3.05) is 19.8 Å². The summed E-state index contributed by atoms with van der Waals surface area (Å²) < 4.78 is 28.3. The van der Waals surface area contributed by atoms with Crippen molar-refractivity contribution in [1.29, 1.82) is 0 Å². The number of aromatic nitrogens is 1. The maximum absolute atomic E-state index is 11.9. The van der Waals surface area contributed by atoms with Gasteiger partial charge in [0.25, 0.3) is 12.3 Å². The standard InChI is InChI=1S/C14H13ClF2N2O2/c15-13-10-4-2-1-3-9(10)7-11(19-13)14(20)18-5-6-21-8-12(16)17/h1-4,7,12H,5-6,8H2,(H,18,20). The molecule has 0 aliphatic rings. The summed E-state index contributed by atoms with van der Waals surface area (Å²) in [5, 5.41) is 4.34. The first-order valence-corrected chi connectivity index (χ1v) is 6.65. The van der Waals surface area contributed by atoms with Crippen molar-refractivity contribution in [3.8, 4) is 0 Å². The molecule has 0 bridgehead atoms. The fraction of sp³-hybridized carbons (Fsp3) is 0.286. The normalized spacial score (nSPS) is 11.0. The number of carbonyl (C=O) groups is 1. The number of rotatable bonds is 6. The number of halogens is 3. The Bertz CT molecular complexity index is 637. The molecular weight excluding hydrogens is 302 g/mol. The smallest absolute Gasteiger partial charge is 0.270 e. The van der Waals surface area contributed by atoms with Gasteiger partial charge in [0.1, 0.15) is 17.5 Å². The van der Waals surface area contributed by atoms with Gasteiger partial charge in [0.05, 0.1) is 6.61 Å². The van der Waals surface area contributed by atoms with Crippen molar-refractivity contribution in [1.82, 2.24) is 10.3 Å². The van der Waals surface area contributed by atoms with E-state index >= 15 is 0 Å². The van der Waals surface area contributed by atoms with Gasteiger partial charge in [-0.2, -0.15) is 0 Å². The van der Waals surface area contributed by atoms with E-state index < -0.39 is 18.9 Å². The van der Waals surface area contributed by atoms with Crippen LogP contribution in [0.25, 0.3) is 10.8 Å². The summed E-state index contributed by atoms with van der Waals surface area (Å²) in [5.74, 6) is -0.427. The van der Waals surface area contributed by atoms with Gasteiger partial charge in [0.2, 0.25) is 0 Å². The lowest BCUT2D eigenvalue weighted by Crippen LogP contribution is -2.28. The van der Waals surface area contributed by atoms with Gasteiger partial charge in [-0.15, -0.1) is 0 Å². The van der Waals surface area contributed by atoms with Crippen molar-refractivity contribution < 1.29 is 18.3 Å². The number of nitrogens with one attached hydrogen (secondary N) is 1. The molecule has 1 amide bonds. The van der Waals surface area contributed by atoms with E-state index in [9.17, 15) is 13.6 Å². The summed E-state index contributed by atoms with van der Waals surface area (Å²) in [6, 6.07) is 8.92. The van der Waals surface area contributed by atoms with Crippen molar-refractivity contribution >= 4 is 28.3 Å². The van der Waals surface area contributed by atoms with Gasteiger partial charge in [-0.1, -0.05) is 35.9 Å². The molecule has 0 atom stereocenters. The van der Waals surface area contributed by atoms with Crippen LogP contribution in [0.4, 0.5) is 8.78 Å². The van der Waals surface area contributed by atoms with Gasteiger partial charge in [-0.05, 0) is 11.5 Å². The van der Waals surface area contributed by atoms with Crippen LogP contribution in [-0.4, -0.2) is 37.1 Å². The molecule has 0 unspecified atom stereocenters. The Balaban J connectivity index is 1.96. The number of fused-ring (bicyclic) bond motifs is 1. The van der Waals surface area contributed by atoms with Crippen molar-refractivity contribution in [3.05, 3.63) is 41.2 Å². The SMILES string of the molecule is O=C(NCCOCC(F)F)c1cc2ccccc2c(Cl)n1. The van der Waals surface area contributed by atoms with Crippen LogP contribution >= 0.6 is 11.6 Å². The lowest BCUT2D eigenvalue weighted by molar-refractivity contribution is 0.0188. The zero-order chi connectivity index (χ0) is 15.2.